The molecule has 1 aliphatic heterocycles. The van der Waals surface area contributed by atoms with Crippen LogP contribution in [0.15, 0.2) is 30.3 Å². The Bertz CT molecular complexity index is 536. The van der Waals surface area contributed by atoms with E-state index in [4.69, 9.17) is 5.11 Å². The predicted molar refractivity (Wildman–Crippen MR) is 92.5 cm³/mol. The molecule has 24 heavy (non-hydrogen) atoms. The molecule has 0 aliphatic carbocycles. The molecule has 1 saturated heterocycles. The van der Waals surface area contributed by atoms with Gasteiger partial charge in [0.2, 0.25) is 11.8 Å². The maximum atomic E-state index is 12.4. The van der Waals surface area contributed by atoms with Crippen molar-refractivity contribution in [3.8, 4) is 0 Å². The van der Waals surface area contributed by atoms with Gasteiger partial charge in [-0.25, -0.2) is 0 Å². The van der Waals surface area contributed by atoms with E-state index in [9.17, 15) is 9.59 Å². The predicted octanol–water partition coefficient (Wildman–Crippen LogP) is 0.260. The van der Waals surface area contributed by atoms with Gasteiger partial charge in [0.1, 0.15) is 0 Å². The second-order valence-electron chi connectivity index (χ2n) is 5.98. The van der Waals surface area contributed by atoms with Gasteiger partial charge in [0.05, 0.1) is 19.1 Å². The van der Waals surface area contributed by atoms with Gasteiger partial charge in [0.25, 0.3) is 0 Å². The first-order valence-corrected chi connectivity index (χ1v) is 8.60. The molecule has 2 rings (SSSR count). The molecule has 0 spiro atoms. The number of nitrogens with one attached hydrogen (secondary N) is 1. The van der Waals surface area contributed by atoms with Crippen LogP contribution in [0.5, 0.6) is 0 Å². The van der Waals surface area contributed by atoms with Crippen molar-refractivity contribution >= 4 is 11.8 Å². The molecule has 132 valence electrons. The second-order valence-corrected chi connectivity index (χ2v) is 5.98. The molecule has 6 nitrogen and oxygen atoms in total. The fourth-order valence-corrected chi connectivity index (χ4v) is 3.04. The Morgan fingerprint density at radius 2 is 2.12 bits per heavy atom. The molecule has 0 saturated carbocycles. The number of aliphatic hydroxyl groups excluding tert-OH is 1. The van der Waals surface area contributed by atoms with Crippen LogP contribution < -0.4 is 5.32 Å². The Balaban J connectivity index is 1.97. The smallest absolute Gasteiger partial charge is 0.237 e. The third-order valence-electron chi connectivity index (χ3n) is 4.44. The van der Waals surface area contributed by atoms with E-state index >= 15 is 0 Å². The standard InChI is InChI=1S/C18H27N3O3/c1-2-20(12-13-22)17(23)14-16-18(24)19-9-11-21(16)10-8-15-6-4-3-5-7-15/h3-7,16,22H,2,8-14H2,1H3,(H,19,24)/t16-/m1/s1. The van der Waals surface area contributed by atoms with E-state index in [1.54, 1.807) is 4.90 Å². The summed E-state index contributed by atoms with van der Waals surface area (Å²) in [7, 11) is 0. The number of nitrogens with zero attached hydrogens (tertiary/aromatic N) is 2. The van der Waals surface area contributed by atoms with Crippen LogP contribution in [0.4, 0.5) is 0 Å². The average Bonchev–Trinajstić information content (AvgIpc) is 2.61. The van der Waals surface area contributed by atoms with Crippen molar-refractivity contribution in [1.82, 2.24) is 15.1 Å². The molecular weight excluding hydrogens is 306 g/mol. The Labute approximate surface area is 143 Å². The van der Waals surface area contributed by atoms with Crippen molar-refractivity contribution < 1.29 is 14.7 Å². The highest BCUT2D eigenvalue weighted by Crippen LogP contribution is 2.12. The lowest BCUT2D eigenvalue weighted by Gasteiger charge is -2.35. The largest absolute Gasteiger partial charge is 0.395 e. The third kappa shape index (κ3) is 5.04. The molecule has 2 N–H and O–H groups in total. The lowest BCUT2D eigenvalue weighted by atomic mass is 10.1. The Morgan fingerprint density at radius 1 is 1.38 bits per heavy atom. The number of carbonyl (C=O) groups excluding carboxylic acids is 2. The number of hydrogen-bond acceptors (Lipinski definition) is 4. The van der Waals surface area contributed by atoms with Gasteiger partial charge in [0, 0.05) is 32.7 Å². The van der Waals surface area contributed by atoms with Crippen molar-refractivity contribution in [3.05, 3.63) is 35.9 Å². The number of aliphatic hydroxyl groups is 1. The summed E-state index contributed by atoms with van der Waals surface area (Å²) >= 11 is 0. The van der Waals surface area contributed by atoms with Crippen LogP contribution in [0.25, 0.3) is 0 Å². The van der Waals surface area contributed by atoms with Crippen LogP contribution in [0.2, 0.25) is 0 Å². The summed E-state index contributed by atoms with van der Waals surface area (Å²) in [4.78, 5) is 28.3. The monoisotopic (exact) mass is 333 g/mol. The number of rotatable bonds is 8. The summed E-state index contributed by atoms with van der Waals surface area (Å²) in [5.41, 5.74) is 1.23. The first-order chi connectivity index (χ1) is 11.7. The zero-order chi connectivity index (χ0) is 17.4. The number of amides is 2. The highest BCUT2D eigenvalue weighted by Gasteiger charge is 2.32. The molecule has 6 heteroatoms. The minimum atomic E-state index is -0.428. The molecule has 1 fully saturated rings. The van der Waals surface area contributed by atoms with E-state index in [2.05, 4.69) is 22.3 Å². The number of likely N-dealkylation sites (N-methyl/N-ethyl adjacent to an activating group) is 1. The van der Waals surface area contributed by atoms with Gasteiger partial charge in [-0.3, -0.25) is 14.5 Å². The van der Waals surface area contributed by atoms with E-state index in [0.717, 1.165) is 19.5 Å². The van der Waals surface area contributed by atoms with Gasteiger partial charge in [-0.1, -0.05) is 30.3 Å². The van der Waals surface area contributed by atoms with E-state index in [0.29, 0.717) is 19.6 Å². The third-order valence-corrected chi connectivity index (χ3v) is 4.44. The maximum Gasteiger partial charge on any atom is 0.237 e. The first-order valence-electron chi connectivity index (χ1n) is 8.60. The highest BCUT2D eigenvalue weighted by atomic mass is 16.3. The normalized spacial score (nSPS) is 18.2. The van der Waals surface area contributed by atoms with E-state index in [1.165, 1.54) is 5.56 Å². The summed E-state index contributed by atoms with van der Waals surface area (Å²) in [5.74, 6) is -0.166. The molecule has 1 aliphatic rings. The quantitative estimate of drug-likeness (QED) is 0.716. The SMILES string of the molecule is CCN(CCO)C(=O)C[C@@H]1C(=O)NCCN1CCc1ccccc1. The molecule has 1 aromatic rings. The average molecular weight is 333 g/mol. The summed E-state index contributed by atoms with van der Waals surface area (Å²) in [6.45, 7) is 4.79. The molecule has 1 heterocycles. The fourth-order valence-electron chi connectivity index (χ4n) is 3.04. The molecule has 1 atom stereocenters. The van der Waals surface area contributed by atoms with Crippen molar-refractivity contribution in [2.45, 2.75) is 25.8 Å². The zero-order valence-electron chi connectivity index (χ0n) is 14.3. The van der Waals surface area contributed by atoms with Crippen molar-refractivity contribution in [2.24, 2.45) is 0 Å². The number of piperazine rings is 1. The molecule has 2 amide bonds. The minimum absolute atomic E-state index is 0.0613. The Morgan fingerprint density at radius 3 is 2.79 bits per heavy atom. The lowest BCUT2D eigenvalue weighted by molar-refractivity contribution is -0.139. The number of hydrogen-bond donors (Lipinski definition) is 2. The zero-order valence-corrected chi connectivity index (χ0v) is 14.3. The van der Waals surface area contributed by atoms with Crippen LogP contribution >= 0.6 is 0 Å². The van der Waals surface area contributed by atoms with Crippen molar-refractivity contribution in [2.75, 3.05) is 39.3 Å². The van der Waals surface area contributed by atoms with Crippen molar-refractivity contribution in [1.29, 1.82) is 0 Å². The lowest BCUT2D eigenvalue weighted by Crippen LogP contribution is -2.57. The molecule has 0 unspecified atom stereocenters. The minimum Gasteiger partial charge on any atom is -0.395 e. The summed E-state index contributed by atoms with van der Waals surface area (Å²) in [6.07, 6.45) is 1.02. The van der Waals surface area contributed by atoms with Crippen LogP contribution in [0.3, 0.4) is 0 Å². The van der Waals surface area contributed by atoms with Gasteiger partial charge in [-0.15, -0.1) is 0 Å². The highest BCUT2D eigenvalue weighted by molar-refractivity contribution is 5.88. The fraction of sp³-hybridized carbons (Fsp3) is 0.556. The maximum absolute atomic E-state index is 12.4. The van der Waals surface area contributed by atoms with Gasteiger partial charge in [-0.05, 0) is 18.9 Å². The molecule has 0 radical (unpaired) electrons. The topological polar surface area (TPSA) is 72.9 Å². The van der Waals surface area contributed by atoms with Crippen LogP contribution in [0, 0.1) is 0 Å². The van der Waals surface area contributed by atoms with E-state index in [-0.39, 0.29) is 24.8 Å². The van der Waals surface area contributed by atoms with Crippen molar-refractivity contribution in [3.63, 3.8) is 0 Å². The molecular formula is C18H27N3O3. The Kier molecular flexibility index (Phi) is 7.21. The van der Waals surface area contributed by atoms with Crippen LogP contribution in [0.1, 0.15) is 18.9 Å². The molecule has 1 aromatic carbocycles. The summed E-state index contributed by atoms with van der Waals surface area (Å²) in [6, 6.07) is 9.72. The van der Waals surface area contributed by atoms with E-state index < -0.39 is 6.04 Å². The van der Waals surface area contributed by atoms with Gasteiger partial charge in [0.15, 0.2) is 0 Å². The summed E-state index contributed by atoms with van der Waals surface area (Å²) in [5, 5.41) is 11.9. The van der Waals surface area contributed by atoms with E-state index in [1.807, 2.05) is 25.1 Å². The van der Waals surface area contributed by atoms with Gasteiger partial charge < -0.3 is 15.3 Å². The van der Waals surface area contributed by atoms with Crippen LogP contribution in [-0.4, -0.2) is 72.1 Å². The summed E-state index contributed by atoms with van der Waals surface area (Å²) < 4.78 is 0. The van der Waals surface area contributed by atoms with Gasteiger partial charge in [-0.2, -0.15) is 0 Å². The Hall–Kier alpha value is -1.92. The number of benzene rings is 1. The molecule has 0 bridgehead atoms. The number of carbonyl (C=O) groups is 2. The first kappa shape index (κ1) is 18.4. The van der Waals surface area contributed by atoms with Crippen LogP contribution in [-0.2, 0) is 16.0 Å². The van der Waals surface area contributed by atoms with Gasteiger partial charge >= 0.3 is 0 Å². The second kappa shape index (κ2) is 9.39. The molecule has 0 aromatic heterocycles.